The number of imide groups is 1. The highest BCUT2D eigenvalue weighted by Gasteiger charge is 2.39. The van der Waals surface area contributed by atoms with E-state index in [1.807, 2.05) is 38.1 Å². The summed E-state index contributed by atoms with van der Waals surface area (Å²) in [6.07, 6.45) is 2.32. The molecule has 2 N–H and O–H groups in total. The number of benzene rings is 2. The maximum atomic E-state index is 12.8. The molecule has 0 radical (unpaired) electrons. The van der Waals surface area contributed by atoms with Gasteiger partial charge in [-0.2, -0.15) is 0 Å². The zero-order valence-corrected chi connectivity index (χ0v) is 18.5. The van der Waals surface area contributed by atoms with E-state index in [1.165, 1.54) is 4.90 Å². The molecule has 3 aliphatic heterocycles. The molecule has 8 nitrogen and oxygen atoms in total. The molecule has 0 saturated carbocycles. The molecule has 5 rings (SSSR count). The smallest absolute Gasteiger partial charge is 0.255 e. The fraction of sp³-hybridized carbons (Fsp3) is 0.280. The van der Waals surface area contributed by atoms with E-state index in [4.69, 9.17) is 4.74 Å². The van der Waals surface area contributed by atoms with Gasteiger partial charge < -0.3 is 15.0 Å². The number of carbonyl (C=O) groups excluding carboxylic acids is 4. The zero-order valence-electron chi connectivity index (χ0n) is 18.5. The summed E-state index contributed by atoms with van der Waals surface area (Å²) in [5.74, 6) is -0.554. The van der Waals surface area contributed by atoms with Crippen molar-refractivity contribution in [3.63, 3.8) is 0 Å². The summed E-state index contributed by atoms with van der Waals surface area (Å²) in [7, 11) is 0. The Morgan fingerprint density at radius 1 is 1.12 bits per heavy atom. The maximum absolute atomic E-state index is 12.8. The molecular weight excluding hydrogens is 422 g/mol. The lowest BCUT2D eigenvalue weighted by molar-refractivity contribution is -0.136. The van der Waals surface area contributed by atoms with Crippen LogP contribution in [0, 0.1) is 0 Å². The molecule has 0 bridgehead atoms. The lowest BCUT2D eigenvalue weighted by atomic mass is 10.0. The molecule has 1 unspecified atom stereocenters. The van der Waals surface area contributed by atoms with Crippen molar-refractivity contribution >= 4 is 35.4 Å². The van der Waals surface area contributed by atoms with Gasteiger partial charge in [0, 0.05) is 29.8 Å². The van der Waals surface area contributed by atoms with Crippen LogP contribution in [0.3, 0.4) is 0 Å². The number of hydrogen-bond acceptors (Lipinski definition) is 5. The van der Waals surface area contributed by atoms with Crippen LogP contribution in [0.2, 0.25) is 0 Å². The Bertz CT molecular complexity index is 1170. The fourth-order valence-corrected chi connectivity index (χ4v) is 4.11. The fourth-order valence-electron chi connectivity index (χ4n) is 4.11. The minimum atomic E-state index is -0.666. The van der Waals surface area contributed by atoms with E-state index in [1.54, 1.807) is 24.3 Å². The van der Waals surface area contributed by atoms with Crippen molar-refractivity contribution in [2.75, 3.05) is 11.9 Å². The minimum absolute atomic E-state index is 0.176. The van der Waals surface area contributed by atoms with Crippen molar-refractivity contribution in [2.45, 2.75) is 39.3 Å². The number of carbonyl (C=O) groups is 4. The lowest BCUT2D eigenvalue weighted by Crippen LogP contribution is -2.52. The first-order valence-corrected chi connectivity index (χ1v) is 11.0. The summed E-state index contributed by atoms with van der Waals surface area (Å²) in [6, 6.07) is 11.9. The Kier molecular flexibility index (Phi) is 6.26. The molecule has 2 aromatic carbocycles. The van der Waals surface area contributed by atoms with E-state index in [9.17, 15) is 19.2 Å². The van der Waals surface area contributed by atoms with Crippen molar-refractivity contribution < 1.29 is 23.9 Å². The van der Waals surface area contributed by atoms with Gasteiger partial charge in [-0.25, -0.2) is 0 Å². The lowest BCUT2D eigenvalue weighted by Gasteiger charge is -2.29. The normalized spacial score (nSPS) is 18.7. The van der Waals surface area contributed by atoms with Gasteiger partial charge in [-0.3, -0.25) is 24.5 Å². The van der Waals surface area contributed by atoms with Crippen LogP contribution in [0.5, 0.6) is 5.75 Å². The SMILES string of the molecule is CC.O=C1CCC(N2Cc3cc(NC(=O)C4=Cc5ccccc5OC4)ccc3C2=O)C(=O)N1. The molecule has 8 heteroatoms. The number of nitrogens with zero attached hydrogens (tertiary/aromatic N) is 1. The molecule has 170 valence electrons. The third-order valence-corrected chi connectivity index (χ3v) is 5.70. The number of nitrogens with one attached hydrogen (secondary N) is 2. The Balaban J connectivity index is 0.00000126. The van der Waals surface area contributed by atoms with E-state index in [2.05, 4.69) is 10.6 Å². The van der Waals surface area contributed by atoms with Crippen LogP contribution in [0.4, 0.5) is 5.69 Å². The number of piperidine rings is 1. The van der Waals surface area contributed by atoms with E-state index in [0.29, 0.717) is 23.2 Å². The number of hydrogen-bond donors (Lipinski definition) is 2. The van der Waals surface area contributed by atoms with Gasteiger partial charge in [-0.05, 0) is 42.3 Å². The zero-order chi connectivity index (χ0) is 23.5. The summed E-state index contributed by atoms with van der Waals surface area (Å²) >= 11 is 0. The Morgan fingerprint density at radius 3 is 2.70 bits per heavy atom. The predicted octanol–water partition coefficient (Wildman–Crippen LogP) is 2.89. The standard InChI is InChI=1S/C23H19N3O5.C2H6/c27-20-8-7-18(22(29)25-20)26-11-14-10-16(5-6-17(14)23(26)30)24-21(28)15-9-13-3-1-2-4-19(13)31-12-15;1-2/h1-6,9-10,18H,7-8,11-12H2,(H,24,28)(H,25,27,29);1-2H3. The average Bonchev–Trinajstić information content (AvgIpc) is 3.15. The number of ether oxygens (including phenoxy) is 1. The second-order valence-corrected chi connectivity index (χ2v) is 7.72. The van der Waals surface area contributed by atoms with Gasteiger partial charge in [0.05, 0.1) is 5.57 Å². The van der Waals surface area contributed by atoms with Crippen LogP contribution in [-0.2, 0) is 20.9 Å². The van der Waals surface area contributed by atoms with Gasteiger partial charge in [-0.15, -0.1) is 0 Å². The largest absolute Gasteiger partial charge is 0.488 e. The summed E-state index contributed by atoms with van der Waals surface area (Å²) in [5, 5.41) is 5.14. The topological polar surface area (TPSA) is 105 Å². The van der Waals surface area contributed by atoms with E-state index >= 15 is 0 Å². The summed E-state index contributed by atoms with van der Waals surface area (Å²) in [4.78, 5) is 50.5. The van der Waals surface area contributed by atoms with Gasteiger partial charge in [0.1, 0.15) is 18.4 Å². The second-order valence-electron chi connectivity index (χ2n) is 7.72. The van der Waals surface area contributed by atoms with Crippen molar-refractivity contribution in [3.05, 3.63) is 64.7 Å². The summed E-state index contributed by atoms with van der Waals surface area (Å²) in [5.41, 5.74) is 3.13. The molecule has 3 heterocycles. The number of para-hydroxylation sites is 1. The minimum Gasteiger partial charge on any atom is -0.488 e. The molecule has 2 aromatic rings. The third-order valence-electron chi connectivity index (χ3n) is 5.70. The van der Waals surface area contributed by atoms with Crippen LogP contribution in [0.25, 0.3) is 6.08 Å². The number of amides is 4. The number of rotatable bonds is 3. The van der Waals surface area contributed by atoms with E-state index < -0.39 is 11.9 Å². The van der Waals surface area contributed by atoms with Crippen molar-refractivity contribution in [1.29, 1.82) is 0 Å². The molecule has 4 amide bonds. The first-order valence-electron chi connectivity index (χ1n) is 11.0. The first-order chi connectivity index (χ1) is 16.0. The molecule has 33 heavy (non-hydrogen) atoms. The number of fused-ring (bicyclic) bond motifs is 2. The molecule has 0 spiro atoms. The molecule has 3 aliphatic rings. The van der Waals surface area contributed by atoms with Crippen LogP contribution in [-0.4, -0.2) is 41.2 Å². The van der Waals surface area contributed by atoms with Crippen molar-refractivity contribution in [2.24, 2.45) is 0 Å². The van der Waals surface area contributed by atoms with E-state index in [-0.39, 0.29) is 37.3 Å². The Labute approximate surface area is 191 Å². The van der Waals surface area contributed by atoms with Crippen LogP contribution in [0.15, 0.2) is 48.0 Å². The highest BCUT2D eigenvalue weighted by atomic mass is 16.5. The van der Waals surface area contributed by atoms with Crippen molar-refractivity contribution in [1.82, 2.24) is 10.2 Å². The Morgan fingerprint density at radius 2 is 1.91 bits per heavy atom. The van der Waals surface area contributed by atoms with Crippen molar-refractivity contribution in [3.8, 4) is 5.75 Å². The van der Waals surface area contributed by atoms with Crippen LogP contribution >= 0.6 is 0 Å². The Hall–Kier alpha value is -3.94. The molecule has 1 atom stereocenters. The van der Waals surface area contributed by atoms with Gasteiger partial charge in [0.25, 0.3) is 11.8 Å². The molecule has 1 saturated heterocycles. The summed E-state index contributed by atoms with van der Waals surface area (Å²) in [6.45, 7) is 4.43. The average molecular weight is 447 g/mol. The number of anilines is 1. The predicted molar refractivity (Wildman–Crippen MR) is 122 cm³/mol. The molecule has 0 aromatic heterocycles. The highest BCUT2D eigenvalue weighted by molar-refractivity contribution is 6.08. The van der Waals surface area contributed by atoms with Gasteiger partial charge in [0.2, 0.25) is 11.8 Å². The van der Waals surface area contributed by atoms with Crippen LogP contribution in [0.1, 0.15) is 48.2 Å². The maximum Gasteiger partial charge on any atom is 0.255 e. The highest BCUT2D eigenvalue weighted by Crippen LogP contribution is 2.30. The quantitative estimate of drug-likeness (QED) is 0.704. The summed E-state index contributed by atoms with van der Waals surface area (Å²) < 4.78 is 5.64. The van der Waals surface area contributed by atoms with Gasteiger partial charge in [0.15, 0.2) is 0 Å². The first kappa shape index (κ1) is 22.3. The van der Waals surface area contributed by atoms with Gasteiger partial charge >= 0.3 is 0 Å². The van der Waals surface area contributed by atoms with Gasteiger partial charge in [-0.1, -0.05) is 32.0 Å². The molecule has 1 fully saturated rings. The second kappa shape index (κ2) is 9.28. The molecule has 0 aliphatic carbocycles. The van der Waals surface area contributed by atoms with E-state index in [0.717, 1.165) is 16.9 Å². The van der Waals surface area contributed by atoms with Crippen LogP contribution < -0.4 is 15.4 Å². The monoisotopic (exact) mass is 447 g/mol. The third kappa shape index (κ3) is 4.37. The molecular formula is C25H25N3O5.